The lowest BCUT2D eigenvalue weighted by atomic mass is 10.0. The highest BCUT2D eigenvalue weighted by Crippen LogP contribution is 2.13. The minimum Gasteiger partial charge on any atom is -0.478 e. The van der Waals surface area contributed by atoms with Crippen LogP contribution in [0.3, 0.4) is 0 Å². The number of para-hydroxylation sites is 1. The number of benzene rings is 2. The zero-order chi connectivity index (χ0) is 17.5. The van der Waals surface area contributed by atoms with Gasteiger partial charge in [0.15, 0.2) is 0 Å². The van der Waals surface area contributed by atoms with Crippen molar-refractivity contribution in [3.63, 3.8) is 0 Å². The Hall–Kier alpha value is -3.41. The number of carboxylic acids is 2. The highest BCUT2D eigenvalue weighted by Gasteiger charge is 2.13. The molecule has 6 heteroatoms. The fourth-order valence-corrected chi connectivity index (χ4v) is 2.11. The van der Waals surface area contributed by atoms with E-state index in [-0.39, 0.29) is 16.7 Å². The summed E-state index contributed by atoms with van der Waals surface area (Å²) in [5, 5.41) is 17.4. The Labute approximate surface area is 138 Å². The highest BCUT2D eigenvalue weighted by atomic mass is 16.4. The summed E-state index contributed by atoms with van der Waals surface area (Å²) in [4.78, 5) is 25.2. The maximum absolute atomic E-state index is 10.6. The molecule has 0 aliphatic carbocycles. The molecule has 0 spiro atoms. The number of imidazole rings is 1. The molecule has 122 valence electrons. The number of nitrogens with zero attached hydrogens (tertiary/aromatic N) is 2. The van der Waals surface area contributed by atoms with Crippen molar-refractivity contribution >= 4 is 11.9 Å². The van der Waals surface area contributed by atoms with Crippen LogP contribution in [0.4, 0.5) is 0 Å². The summed E-state index contributed by atoms with van der Waals surface area (Å²) in [6.07, 6.45) is 5.48. The Morgan fingerprint density at radius 1 is 0.917 bits per heavy atom. The summed E-state index contributed by atoms with van der Waals surface area (Å²) in [5.74, 6) is -2.22. The van der Waals surface area contributed by atoms with Crippen molar-refractivity contribution in [2.75, 3.05) is 0 Å². The zero-order valence-corrected chi connectivity index (χ0v) is 13.0. The van der Waals surface area contributed by atoms with Gasteiger partial charge in [0.25, 0.3) is 0 Å². The van der Waals surface area contributed by atoms with E-state index in [1.165, 1.54) is 25.1 Å². The van der Waals surface area contributed by atoms with E-state index in [0.29, 0.717) is 0 Å². The lowest BCUT2D eigenvalue weighted by Gasteiger charge is -2.03. The molecular formula is C18H16N2O4. The van der Waals surface area contributed by atoms with Crippen LogP contribution in [0, 0.1) is 6.92 Å². The standard InChI is InChI=1S/C9H8N2.C9H8O4/c1-2-4-9(5-3-1)11-7-6-10-8-11;1-5-6(8(10)11)3-2-4-7(5)9(12)13/h1-8H;2-4H,1H3,(H,10,11)(H,12,13). The average Bonchev–Trinajstić information content (AvgIpc) is 3.10. The second-order valence-corrected chi connectivity index (χ2v) is 4.89. The number of carbonyl (C=O) groups is 2. The maximum Gasteiger partial charge on any atom is 0.335 e. The minimum absolute atomic E-state index is 0.0277. The summed E-state index contributed by atoms with van der Waals surface area (Å²) >= 11 is 0. The molecule has 1 heterocycles. The van der Waals surface area contributed by atoms with Gasteiger partial charge < -0.3 is 14.8 Å². The van der Waals surface area contributed by atoms with Gasteiger partial charge in [-0.3, -0.25) is 0 Å². The molecule has 2 N–H and O–H groups in total. The molecule has 1 aromatic heterocycles. The van der Waals surface area contributed by atoms with E-state index in [4.69, 9.17) is 10.2 Å². The number of hydrogen-bond donors (Lipinski definition) is 2. The van der Waals surface area contributed by atoms with Gasteiger partial charge in [0.05, 0.1) is 17.5 Å². The van der Waals surface area contributed by atoms with E-state index in [1.807, 2.05) is 41.1 Å². The Morgan fingerprint density at radius 2 is 1.50 bits per heavy atom. The van der Waals surface area contributed by atoms with Gasteiger partial charge in [0.1, 0.15) is 0 Å². The largest absolute Gasteiger partial charge is 0.478 e. The molecule has 24 heavy (non-hydrogen) atoms. The van der Waals surface area contributed by atoms with Crippen LogP contribution >= 0.6 is 0 Å². The molecule has 0 amide bonds. The number of hydrogen-bond acceptors (Lipinski definition) is 3. The van der Waals surface area contributed by atoms with Crippen molar-refractivity contribution in [2.24, 2.45) is 0 Å². The molecule has 3 rings (SSSR count). The van der Waals surface area contributed by atoms with Crippen molar-refractivity contribution in [2.45, 2.75) is 6.92 Å². The van der Waals surface area contributed by atoms with Crippen LogP contribution in [0.25, 0.3) is 5.69 Å². The number of carboxylic acid groups (broad SMARTS) is 2. The Balaban J connectivity index is 0.000000175. The molecule has 0 saturated heterocycles. The van der Waals surface area contributed by atoms with E-state index in [9.17, 15) is 9.59 Å². The van der Waals surface area contributed by atoms with E-state index >= 15 is 0 Å². The molecule has 0 unspecified atom stereocenters. The van der Waals surface area contributed by atoms with Gasteiger partial charge in [-0.05, 0) is 36.8 Å². The topological polar surface area (TPSA) is 92.4 Å². The molecule has 0 radical (unpaired) electrons. The van der Waals surface area contributed by atoms with Crippen molar-refractivity contribution < 1.29 is 19.8 Å². The zero-order valence-electron chi connectivity index (χ0n) is 13.0. The molecule has 0 fully saturated rings. The second kappa shape index (κ2) is 7.73. The lowest BCUT2D eigenvalue weighted by Crippen LogP contribution is -2.06. The van der Waals surface area contributed by atoms with Crippen LogP contribution in [0.1, 0.15) is 26.3 Å². The average molecular weight is 324 g/mol. The summed E-state index contributed by atoms with van der Waals surface area (Å²) in [6.45, 7) is 1.48. The predicted molar refractivity (Wildman–Crippen MR) is 88.7 cm³/mol. The van der Waals surface area contributed by atoms with Gasteiger partial charge in [0.2, 0.25) is 0 Å². The third-order valence-corrected chi connectivity index (χ3v) is 3.35. The number of aromatic nitrogens is 2. The number of aromatic carboxylic acids is 2. The van der Waals surface area contributed by atoms with Crippen molar-refractivity contribution in [1.29, 1.82) is 0 Å². The first kappa shape index (κ1) is 17.0. The summed E-state index contributed by atoms with van der Waals surface area (Å²) < 4.78 is 1.97. The number of rotatable bonds is 3. The molecular weight excluding hydrogens is 308 g/mol. The third kappa shape index (κ3) is 4.07. The SMILES string of the molecule is Cc1c(C(=O)O)cccc1C(=O)O.c1ccc(-n2ccnc2)cc1. The quantitative estimate of drug-likeness (QED) is 0.771. The minimum atomic E-state index is -1.11. The molecule has 2 aromatic carbocycles. The van der Waals surface area contributed by atoms with E-state index in [1.54, 1.807) is 12.5 Å². The first-order valence-corrected chi connectivity index (χ1v) is 7.10. The molecule has 0 bridgehead atoms. The molecule has 0 atom stereocenters. The Bertz CT molecular complexity index is 795. The van der Waals surface area contributed by atoms with Crippen molar-refractivity contribution in [3.05, 3.63) is 83.9 Å². The van der Waals surface area contributed by atoms with Gasteiger partial charge in [-0.2, -0.15) is 0 Å². The summed E-state index contributed by atoms with van der Waals surface area (Å²) in [6, 6.07) is 14.3. The fraction of sp³-hybridized carbons (Fsp3) is 0.0556. The fourth-order valence-electron chi connectivity index (χ4n) is 2.11. The highest BCUT2D eigenvalue weighted by molar-refractivity contribution is 5.96. The van der Waals surface area contributed by atoms with Gasteiger partial charge in [-0.15, -0.1) is 0 Å². The first-order valence-electron chi connectivity index (χ1n) is 7.10. The van der Waals surface area contributed by atoms with E-state index in [0.717, 1.165) is 5.69 Å². The van der Waals surface area contributed by atoms with Gasteiger partial charge in [0, 0.05) is 18.1 Å². The molecule has 0 aliphatic rings. The summed E-state index contributed by atoms with van der Waals surface area (Å²) in [7, 11) is 0. The third-order valence-electron chi connectivity index (χ3n) is 3.35. The predicted octanol–water partition coefficient (Wildman–Crippen LogP) is 3.26. The lowest BCUT2D eigenvalue weighted by molar-refractivity contribution is 0.0696. The van der Waals surface area contributed by atoms with Crippen LogP contribution in [0.5, 0.6) is 0 Å². The van der Waals surface area contributed by atoms with Crippen LogP contribution in [-0.2, 0) is 0 Å². The summed E-state index contributed by atoms with van der Waals surface area (Å²) in [5.41, 5.74) is 1.48. The second-order valence-electron chi connectivity index (χ2n) is 4.89. The monoisotopic (exact) mass is 324 g/mol. The molecule has 0 saturated carbocycles. The Kier molecular flexibility index (Phi) is 5.46. The van der Waals surface area contributed by atoms with Gasteiger partial charge in [-0.25, -0.2) is 14.6 Å². The molecule has 3 aromatic rings. The Morgan fingerprint density at radius 3 is 1.96 bits per heavy atom. The van der Waals surface area contributed by atoms with Gasteiger partial charge in [-0.1, -0.05) is 24.3 Å². The van der Waals surface area contributed by atoms with Crippen molar-refractivity contribution in [1.82, 2.24) is 9.55 Å². The van der Waals surface area contributed by atoms with Gasteiger partial charge >= 0.3 is 11.9 Å². The van der Waals surface area contributed by atoms with Crippen LogP contribution in [-0.4, -0.2) is 31.7 Å². The maximum atomic E-state index is 10.6. The van der Waals surface area contributed by atoms with Crippen LogP contribution in [0.15, 0.2) is 67.3 Å². The van der Waals surface area contributed by atoms with Crippen LogP contribution < -0.4 is 0 Å². The first-order chi connectivity index (χ1) is 11.5. The van der Waals surface area contributed by atoms with Crippen molar-refractivity contribution in [3.8, 4) is 5.69 Å². The van der Waals surface area contributed by atoms with E-state index < -0.39 is 11.9 Å². The molecule has 6 nitrogen and oxygen atoms in total. The smallest absolute Gasteiger partial charge is 0.335 e. The normalized spacial score (nSPS) is 9.71. The molecule has 0 aliphatic heterocycles. The van der Waals surface area contributed by atoms with Crippen LogP contribution in [0.2, 0.25) is 0 Å². The van der Waals surface area contributed by atoms with E-state index in [2.05, 4.69) is 4.98 Å².